The zero-order chi connectivity index (χ0) is 9.84. The van der Waals surface area contributed by atoms with Crippen LogP contribution < -0.4 is 5.32 Å². The van der Waals surface area contributed by atoms with Crippen LogP contribution >= 0.6 is 0 Å². The van der Waals surface area contributed by atoms with Crippen molar-refractivity contribution in [3.05, 3.63) is 0 Å². The Labute approximate surface area is 82.7 Å². The SMILES string of the molecule is CCN1CC(C)NCC1CC(C)C. The number of piperazine rings is 1. The fourth-order valence-corrected chi connectivity index (χ4v) is 2.20. The molecule has 0 bridgehead atoms. The summed E-state index contributed by atoms with van der Waals surface area (Å²) < 4.78 is 0. The van der Waals surface area contributed by atoms with Gasteiger partial charge in [-0.1, -0.05) is 20.8 Å². The second kappa shape index (κ2) is 4.97. The van der Waals surface area contributed by atoms with Crippen LogP contribution in [0.2, 0.25) is 0 Å². The summed E-state index contributed by atoms with van der Waals surface area (Å²) in [5.41, 5.74) is 0. The monoisotopic (exact) mass is 184 g/mol. The third-order valence-corrected chi connectivity index (χ3v) is 2.88. The van der Waals surface area contributed by atoms with Gasteiger partial charge < -0.3 is 5.32 Å². The number of nitrogens with one attached hydrogen (secondary N) is 1. The van der Waals surface area contributed by atoms with Gasteiger partial charge >= 0.3 is 0 Å². The van der Waals surface area contributed by atoms with E-state index in [1.54, 1.807) is 0 Å². The Morgan fingerprint density at radius 2 is 2.15 bits per heavy atom. The predicted molar refractivity (Wildman–Crippen MR) is 58.0 cm³/mol. The van der Waals surface area contributed by atoms with Gasteiger partial charge in [-0.3, -0.25) is 4.90 Å². The number of likely N-dealkylation sites (N-methyl/N-ethyl adjacent to an activating group) is 1. The van der Waals surface area contributed by atoms with Crippen LogP contribution in [0.15, 0.2) is 0 Å². The molecule has 13 heavy (non-hydrogen) atoms. The maximum absolute atomic E-state index is 3.56. The Morgan fingerprint density at radius 1 is 1.46 bits per heavy atom. The molecule has 0 aromatic rings. The first kappa shape index (κ1) is 11.0. The van der Waals surface area contributed by atoms with Gasteiger partial charge in [-0.15, -0.1) is 0 Å². The summed E-state index contributed by atoms with van der Waals surface area (Å²) >= 11 is 0. The van der Waals surface area contributed by atoms with Gasteiger partial charge in [0.15, 0.2) is 0 Å². The van der Waals surface area contributed by atoms with E-state index in [4.69, 9.17) is 0 Å². The quantitative estimate of drug-likeness (QED) is 0.718. The minimum Gasteiger partial charge on any atom is -0.311 e. The van der Waals surface area contributed by atoms with E-state index in [9.17, 15) is 0 Å². The van der Waals surface area contributed by atoms with Crippen LogP contribution in [0.1, 0.15) is 34.1 Å². The number of nitrogens with zero attached hydrogens (tertiary/aromatic N) is 1. The van der Waals surface area contributed by atoms with Crippen molar-refractivity contribution in [2.45, 2.75) is 46.2 Å². The van der Waals surface area contributed by atoms with Crippen LogP contribution in [0.25, 0.3) is 0 Å². The van der Waals surface area contributed by atoms with Crippen molar-refractivity contribution >= 4 is 0 Å². The summed E-state index contributed by atoms with van der Waals surface area (Å²) in [6, 6.07) is 1.43. The Morgan fingerprint density at radius 3 is 2.69 bits per heavy atom. The molecule has 1 heterocycles. The lowest BCUT2D eigenvalue weighted by Crippen LogP contribution is -2.55. The zero-order valence-corrected chi connectivity index (χ0v) is 9.51. The lowest BCUT2D eigenvalue weighted by atomic mass is 9.99. The smallest absolute Gasteiger partial charge is 0.0223 e. The third-order valence-electron chi connectivity index (χ3n) is 2.88. The molecule has 2 heteroatoms. The van der Waals surface area contributed by atoms with Crippen molar-refractivity contribution in [2.24, 2.45) is 5.92 Å². The van der Waals surface area contributed by atoms with Crippen molar-refractivity contribution in [3.8, 4) is 0 Å². The van der Waals surface area contributed by atoms with E-state index in [-0.39, 0.29) is 0 Å². The molecule has 2 atom stereocenters. The van der Waals surface area contributed by atoms with E-state index in [1.165, 1.54) is 26.1 Å². The summed E-state index contributed by atoms with van der Waals surface area (Å²) in [6.07, 6.45) is 1.33. The van der Waals surface area contributed by atoms with E-state index < -0.39 is 0 Å². The molecule has 1 N–H and O–H groups in total. The van der Waals surface area contributed by atoms with Gasteiger partial charge in [0.25, 0.3) is 0 Å². The average Bonchev–Trinajstić information content (AvgIpc) is 2.07. The maximum Gasteiger partial charge on any atom is 0.0223 e. The highest BCUT2D eigenvalue weighted by Crippen LogP contribution is 2.14. The highest BCUT2D eigenvalue weighted by atomic mass is 15.2. The zero-order valence-electron chi connectivity index (χ0n) is 9.51. The fraction of sp³-hybridized carbons (Fsp3) is 1.00. The Bertz CT molecular complexity index is 145. The van der Waals surface area contributed by atoms with E-state index >= 15 is 0 Å². The van der Waals surface area contributed by atoms with Crippen LogP contribution in [0.5, 0.6) is 0 Å². The minimum absolute atomic E-state index is 0.670. The van der Waals surface area contributed by atoms with Gasteiger partial charge in [0.1, 0.15) is 0 Å². The molecule has 2 unspecified atom stereocenters. The number of hydrogen-bond acceptors (Lipinski definition) is 2. The van der Waals surface area contributed by atoms with Crippen molar-refractivity contribution in [1.82, 2.24) is 10.2 Å². The third kappa shape index (κ3) is 3.28. The van der Waals surface area contributed by atoms with Gasteiger partial charge in [-0.25, -0.2) is 0 Å². The highest BCUT2D eigenvalue weighted by Gasteiger charge is 2.24. The van der Waals surface area contributed by atoms with Gasteiger partial charge in [0.05, 0.1) is 0 Å². The van der Waals surface area contributed by atoms with Crippen molar-refractivity contribution in [3.63, 3.8) is 0 Å². The molecule has 78 valence electrons. The lowest BCUT2D eigenvalue weighted by molar-refractivity contribution is 0.125. The molecule has 2 nitrogen and oxygen atoms in total. The summed E-state index contributed by atoms with van der Waals surface area (Å²) in [6.45, 7) is 12.8. The summed E-state index contributed by atoms with van der Waals surface area (Å²) in [4.78, 5) is 2.61. The molecule has 1 rings (SSSR count). The maximum atomic E-state index is 3.56. The summed E-state index contributed by atoms with van der Waals surface area (Å²) in [7, 11) is 0. The number of rotatable bonds is 3. The first-order valence-electron chi connectivity index (χ1n) is 5.61. The van der Waals surface area contributed by atoms with E-state index in [1.807, 2.05) is 0 Å². The minimum atomic E-state index is 0.670. The largest absolute Gasteiger partial charge is 0.311 e. The molecule has 0 saturated carbocycles. The van der Waals surface area contributed by atoms with E-state index in [0.29, 0.717) is 6.04 Å². The van der Waals surface area contributed by atoms with Crippen LogP contribution in [-0.4, -0.2) is 36.6 Å². The van der Waals surface area contributed by atoms with Crippen LogP contribution in [-0.2, 0) is 0 Å². The van der Waals surface area contributed by atoms with Crippen LogP contribution in [0, 0.1) is 5.92 Å². The molecule has 0 amide bonds. The molecule has 0 radical (unpaired) electrons. The molecule has 1 aliphatic heterocycles. The first-order valence-corrected chi connectivity index (χ1v) is 5.61. The first-order chi connectivity index (χ1) is 6.13. The standard InChI is InChI=1S/C11H24N2/c1-5-13-8-10(4)12-7-11(13)6-9(2)3/h9-12H,5-8H2,1-4H3. The normalized spacial score (nSPS) is 31.2. The molecular formula is C11H24N2. The van der Waals surface area contributed by atoms with Crippen LogP contribution in [0.4, 0.5) is 0 Å². The molecule has 0 spiro atoms. The molecular weight excluding hydrogens is 160 g/mol. The highest BCUT2D eigenvalue weighted by molar-refractivity contribution is 4.83. The predicted octanol–water partition coefficient (Wildman–Crippen LogP) is 1.71. The lowest BCUT2D eigenvalue weighted by Gasteiger charge is -2.39. The summed E-state index contributed by atoms with van der Waals surface area (Å²) in [5.74, 6) is 0.814. The van der Waals surface area contributed by atoms with Crippen LogP contribution in [0.3, 0.4) is 0 Å². The van der Waals surface area contributed by atoms with Crippen molar-refractivity contribution < 1.29 is 0 Å². The van der Waals surface area contributed by atoms with Crippen molar-refractivity contribution in [2.75, 3.05) is 19.6 Å². The molecule has 1 saturated heterocycles. The van der Waals surface area contributed by atoms with Crippen molar-refractivity contribution in [1.29, 1.82) is 0 Å². The Hall–Kier alpha value is -0.0800. The Balaban J connectivity index is 2.42. The second-order valence-corrected chi connectivity index (χ2v) is 4.68. The van der Waals surface area contributed by atoms with Gasteiger partial charge in [0, 0.05) is 25.2 Å². The van der Waals surface area contributed by atoms with E-state index in [0.717, 1.165) is 12.0 Å². The summed E-state index contributed by atoms with van der Waals surface area (Å²) in [5, 5.41) is 3.56. The molecule has 0 aromatic carbocycles. The molecule has 0 aromatic heterocycles. The van der Waals surface area contributed by atoms with E-state index in [2.05, 4.69) is 37.9 Å². The second-order valence-electron chi connectivity index (χ2n) is 4.68. The van der Waals surface area contributed by atoms with Gasteiger partial charge in [-0.2, -0.15) is 0 Å². The number of hydrogen-bond donors (Lipinski definition) is 1. The Kier molecular flexibility index (Phi) is 4.20. The topological polar surface area (TPSA) is 15.3 Å². The van der Waals surface area contributed by atoms with Gasteiger partial charge in [-0.05, 0) is 25.8 Å². The molecule has 1 aliphatic rings. The molecule has 1 fully saturated rings. The average molecular weight is 184 g/mol. The molecule has 0 aliphatic carbocycles. The fourth-order valence-electron chi connectivity index (χ4n) is 2.20. The van der Waals surface area contributed by atoms with Gasteiger partial charge in [0.2, 0.25) is 0 Å².